The van der Waals surface area contributed by atoms with E-state index in [-0.39, 0.29) is 12.8 Å². The van der Waals surface area contributed by atoms with E-state index in [9.17, 15) is 0 Å². The molecule has 0 aliphatic carbocycles. The van der Waals surface area contributed by atoms with Gasteiger partial charge in [-0.1, -0.05) is 6.07 Å². The number of benzene rings is 1. The van der Waals surface area contributed by atoms with Crippen molar-refractivity contribution in [3.05, 3.63) is 23.8 Å². The number of hydrogen-bond donors (Lipinski definition) is 4. The molecule has 1 aliphatic heterocycles. The van der Waals surface area contributed by atoms with E-state index in [2.05, 4.69) is 30.9 Å². The molecule has 170 valence electrons. The molecule has 1 aromatic carbocycles. The van der Waals surface area contributed by atoms with Gasteiger partial charge in [0.25, 0.3) is 0 Å². The van der Waals surface area contributed by atoms with Crippen LogP contribution in [0.5, 0.6) is 11.5 Å². The van der Waals surface area contributed by atoms with Gasteiger partial charge in [-0.05, 0) is 31.5 Å². The normalized spacial score (nSPS) is 12.3. The maximum Gasteiger partial charge on any atom is 0.231 e. The molecule has 0 fully saturated rings. The minimum absolute atomic E-state index is 0.189. The first kappa shape index (κ1) is 22.8. The van der Waals surface area contributed by atoms with Crippen LogP contribution in [0, 0.1) is 0 Å². The molecule has 0 saturated carbocycles. The molecule has 11 heteroatoms. The monoisotopic (exact) mass is 433 g/mol. The van der Waals surface area contributed by atoms with Crippen LogP contribution in [-0.2, 0) is 16.0 Å². The molecule has 3 rings (SSSR count). The first-order chi connectivity index (χ1) is 15.1. The molecule has 0 atom stereocenters. The third-order valence-corrected chi connectivity index (χ3v) is 4.10. The molecule has 0 radical (unpaired) electrons. The number of anilines is 3. The maximum absolute atomic E-state index is 5.52. The smallest absolute Gasteiger partial charge is 0.231 e. The highest BCUT2D eigenvalue weighted by Gasteiger charge is 2.13. The molecule has 0 saturated heterocycles. The minimum Gasteiger partial charge on any atom is -0.454 e. The van der Waals surface area contributed by atoms with Gasteiger partial charge < -0.3 is 40.6 Å². The summed E-state index contributed by atoms with van der Waals surface area (Å²) in [5.41, 5.74) is 6.40. The molecule has 11 nitrogen and oxygen atoms in total. The summed E-state index contributed by atoms with van der Waals surface area (Å²) in [6.07, 6.45) is 0. The van der Waals surface area contributed by atoms with Crippen LogP contribution in [0.15, 0.2) is 18.2 Å². The van der Waals surface area contributed by atoms with Gasteiger partial charge in [0.2, 0.25) is 24.6 Å². The Morgan fingerprint density at radius 3 is 2.42 bits per heavy atom. The number of nitrogens with zero attached hydrogens (tertiary/aromatic N) is 3. The average Bonchev–Trinajstić information content (AvgIpc) is 3.21. The third kappa shape index (κ3) is 7.70. The van der Waals surface area contributed by atoms with E-state index in [1.54, 1.807) is 0 Å². The zero-order valence-electron chi connectivity index (χ0n) is 18.0. The minimum atomic E-state index is 0.189. The molecule has 31 heavy (non-hydrogen) atoms. The van der Waals surface area contributed by atoms with Gasteiger partial charge in [0.05, 0.1) is 26.4 Å². The molecule has 0 unspecified atom stereocenters. The zero-order valence-corrected chi connectivity index (χ0v) is 18.0. The van der Waals surface area contributed by atoms with Crippen LogP contribution in [0.2, 0.25) is 0 Å². The highest BCUT2D eigenvalue weighted by atomic mass is 16.7. The van der Waals surface area contributed by atoms with Crippen molar-refractivity contribution in [3.63, 3.8) is 0 Å². The van der Waals surface area contributed by atoms with E-state index in [0.29, 0.717) is 63.9 Å². The van der Waals surface area contributed by atoms with Crippen molar-refractivity contribution in [2.75, 3.05) is 62.3 Å². The van der Waals surface area contributed by atoms with Gasteiger partial charge in [-0.3, -0.25) is 0 Å². The van der Waals surface area contributed by atoms with Crippen LogP contribution < -0.4 is 31.2 Å². The second-order valence-electron chi connectivity index (χ2n) is 7.09. The van der Waals surface area contributed by atoms with Crippen molar-refractivity contribution in [2.24, 2.45) is 5.73 Å². The summed E-state index contributed by atoms with van der Waals surface area (Å²) in [6.45, 7) is 8.00. The standard InChI is InChI=1S/C20H31N7O4/c1-14(2)24-20-26-18(22-6-8-29-10-9-28-7-5-21)25-19(27-20)23-12-15-3-4-16-17(11-15)31-13-30-16/h3-4,11,14H,5-10,12-13,21H2,1-2H3,(H3,22,23,24,25,26,27). The molecular weight excluding hydrogens is 402 g/mol. The number of aromatic nitrogens is 3. The number of ether oxygens (including phenoxy) is 4. The van der Waals surface area contributed by atoms with Gasteiger partial charge in [0.15, 0.2) is 11.5 Å². The predicted octanol–water partition coefficient (Wildman–Crippen LogP) is 1.44. The summed E-state index contributed by atoms with van der Waals surface area (Å²) in [5.74, 6) is 2.93. The molecule has 0 bridgehead atoms. The highest BCUT2D eigenvalue weighted by molar-refractivity contribution is 5.46. The second-order valence-corrected chi connectivity index (χ2v) is 7.09. The number of hydrogen-bond acceptors (Lipinski definition) is 11. The summed E-state index contributed by atoms with van der Waals surface area (Å²) in [5, 5.41) is 9.62. The van der Waals surface area contributed by atoms with E-state index in [1.807, 2.05) is 32.0 Å². The van der Waals surface area contributed by atoms with Crippen molar-refractivity contribution in [3.8, 4) is 11.5 Å². The highest BCUT2D eigenvalue weighted by Crippen LogP contribution is 2.32. The zero-order chi connectivity index (χ0) is 21.9. The number of nitrogens with one attached hydrogen (secondary N) is 3. The van der Waals surface area contributed by atoms with E-state index in [1.165, 1.54) is 0 Å². The van der Waals surface area contributed by atoms with Crippen molar-refractivity contribution in [1.29, 1.82) is 0 Å². The van der Waals surface area contributed by atoms with Crippen LogP contribution in [-0.4, -0.2) is 67.3 Å². The van der Waals surface area contributed by atoms with E-state index in [4.69, 9.17) is 24.7 Å². The number of fused-ring (bicyclic) bond motifs is 1. The summed E-state index contributed by atoms with van der Waals surface area (Å²) in [7, 11) is 0. The lowest BCUT2D eigenvalue weighted by Crippen LogP contribution is -2.18. The van der Waals surface area contributed by atoms with Crippen LogP contribution in [0.4, 0.5) is 17.8 Å². The Bertz CT molecular complexity index is 822. The quantitative estimate of drug-likeness (QED) is 0.322. The topological polar surface area (TPSA) is 138 Å². The molecule has 0 amide bonds. The summed E-state index contributed by atoms with van der Waals surface area (Å²) < 4.78 is 21.6. The van der Waals surface area contributed by atoms with Crippen LogP contribution >= 0.6 is 0 Å². The van der Waals surface area contributed by atoms with Crippen molar-refractivity contribution >= 4 is 17.8 Å². The number of nitrogens with two attached hydrogens (primary N) is 1. The molecule has 0 spiro atoms. The van der Waals surface area contributed by atoms with Crippen LogP contribution in [0.3, 0.4) is 0 Å². The van der Waals surface area contributed by atoms with Gasteiger partial charge in [-0.15, -0.1) is 0 Å². The fourth-order valence-electron chi connectivity index (χ4n) is 2.73. The lowest BCUT2D eigenvalue weighted by atomic mass is 10.2. The largest absolute Gasteiger partial charge is 0.454 e. The lowest BCUT2D eigenvalue weighted by Gasteiger charge is -2.13. The van der Waals surface area contributed by atoms with Crippen LogP contribution in [0.25, 0.3) is 0 Å². The third-order valence-electron chi connectivity index (χ3n) is 4.10. The Hall–Kier alpha value is -2.89. The van der Waals surface area contributed by atoms with Crippen molar-refractivity contribution < 1.29 is 18.9 Å². The first-order valence-corrected chi connectivity index (χ1v) is 10.4. The summed E-state index contributed by atoms with van der Waals surface area (Å²) >= 11 is 0. The Kier molecular flexibility index (Phi) is 8.88. The first-order valence-electron chi connectivity index (χ1n) is 10.4. The molecule has 5 N–H and O–H groups in total. The lowest BCUT2D eigenvalue weighted by molar-refractivity contribution is 0.0547. The fourth-order valence-corrected chi connectivity index (χ4v) is 2.73. The molecule has 2 aromatic rings. The summed E-state index contributed by atoms with van der Waals surface area (Å²) in [4.78, 5) is 13.3. The Balaban J connectivity index is 1.52. The van der Waals surface area contributed by atoms with Gasteiger partial charge in [-0.2, -0.15) is 15.0 Å². The van der Waals surface area contributed by atoms with E-state index >= 15 is 0 Å². The molecule has 1 aliphatic rings. The van der Waals surface area contributed by atoms with Crippen molar-refractivity contribution in [2.45, 2.75) is 26.4 Å². The summed E-state index contributed by atoms with van der Waals surface area (Å²) in [6, 6.07) is 6.00. The van der Waals surface area contributed by atoms with Crippen LogP contribution in [0.1, 0.15) is 19.4 Å². The van der Waals surface area contributed by atoms with Gasteiger partial charge in [0, 0.05) is 25.7 Å². The van der Waals surface area contributed by atoms with Gasteiger partial charge >= 0.3 is 0 Å². The molecule has 1 aromatic heterocycles. The molecule has 2 heterocycles. The second kappa shape index (κ2) is 12.1. The van der Waals surface area contributed by atoms with E-state index < -0.39 is 0 Å². The Morgan fingerprint density at radius 2 is 1.65 bits per heavy atom. The fraction of sp³-hybridized carbons (Fsp3) is 0.550. The SMILES string of the molecule is CC(C)Nc1nc(NCCOCCOCCN)nc(NCc2ccc3c(c2)OCO3)n1. The predicted molar refractivity (Wildman–Crippen MR) is 118 cm³/mol. The number of rotatable bonds is 14. The van der Waals surface area contributed by atoms with Crippen molar-refractivity contribution in [1.82, 2.24) is 15.0 Å². The molecular formula is C20H31N7O4. The maximum atomic E-state index is 5.52. The van der Waals surface area contributed by atoms with Gasteiger partial charge in [0.1, 0.15) is 0 Å². The van der Waals surface area contributed by atoms with Gasteiger partial charge in [-0.25, -0.2) is 0 Å². The average molecular weight is 434 g/mol. The Labute approximate surface area is 182 Å². The Morgan fingerprint density at radius 1 is 0.935 bits per heavy atom. The van der Waals surface area contributed by atoms with E-state index in [0.717, 1.165) is 17.1 Å².